The van der Waals surface area contributed by atoms with E-state index in [1.54, 1.807) is 13.2 Å². The highest BCUT2D eigenvalue weighted by Crippen LogP contribution is 2.33. The molecule has 8 heteroatoms. The van der Waals surface area contributed by atoms with Crippen molar-refractivity contribution in [3.05, 3.63) is 52.5 Å². The molecule has 0 spiro atoms. The fourth-order valence-electron chi connectivity index (χ4n) is 3.25. The highest BCUT2D eigenvalue weighted by molar-refractivity contribution is 6.31. The Balaban J connectivity index is 1.49. The molecular formula is C23H30ClN3O4. The fraction of sp³-hybridized carbons (Fsp3) is 0.435. The molecule has 0 radical (unpaired) electrons. The number of carbonyl (C=O) groups is 1. The molecule has 1 aliphatic heterocycles. The zero-order valence-corrected chi connectivity index (χ0v) is 18.8. The van der Waals surface area contributed by atoms with Gasteiger partial charge in [-0.3, -0.25) is 9.69 Å². The number of halogens is 1. The van der Waals surface area contributed by atoms with Crippen LogP contribution in [-0.2, 0) is 16.1 Å². The maximum absolute atomic E-state index is 12.2. The van der Waals surface area contributed by atoms with Crippen LogP contribution in [0.25, 0.3) is 0 Å². The zero-order valence-electron chi connectivity index (χ0n) is 18.1. The average molecular weight is 448 g/mol. The third kappa shape index (κ3) is 7.40. The molecule has 0 saturated carbocycles. The van der Waals surface area contributed by atoms with Crippen LogP contribution in [0.15, 0.2) is 36.4 Å². The molecule has 1 amide bonds. The van der Waals surface area contributed by atoms with E-state index in [4.69, 9.17) is 25.8 Å². The molecule has 0 unspecified atom stereocenters. The predicted molar refractivity (Wildman–Crippen MR) is 122 cm³/mol. The van der Waals surface area contributed by atoms with Crippen LogP contribution >= 0.6 is 11.6 Å². The normalized spacial score (nSPS) is 14.3. The molecule has 31 heavy (non-hydrogen) atoms. The highest BCUT2D eigenvalue weighted by Gasteiger charge is 2.13. The Hall–Kier alpha value is -2.32. The van der Waals surface area contributed by atoms with Crippen LogP contribution in [0, 0.1) is 6.92 Å². The number of morpholine rings is 1. The number of rotatable bonds is 10. The second-order valence-electron chi connectivity index (χ2n) is 7.43. The summed E-state index contributed by atoms with van der Waals surface area (Å²) in [4.78, 5) is 14.6. The second kappa shape index (κ2) is 11.9. The van der Waals surface area contributed by atoms with Crippen molar-refractivity contribution in [2.75, 3.05) is 58.4 Å². The van der Waals surface area contributed by atoms with E-state index < -0.39 is 0 Å². The summed E-state index contributed by atoms with van der Waals surface area (Å²) < 4.78 is 16.5. The van der Waals surface area contributed by atoms with Gasteiger partial charge in [-0.2, -0.15) is 0 Å². The first-order valence-corrected chi connectivity index (χ1v) is 10.8. The van der Waals surface area contributed by atoms with Crippen molar-refractivity contribution in [1.29, 1.82) is 0 Å². The number of ether oxygens (including phenoxy) is 3. The summed E-state index contributed by atoms with van der Waals surface area (Å²) in [5.41, 5.74) is 2.77. The van der Waals surface area contributed by atoms with Gasteiger partial charge >= 0.3 is 0 Å². The molecule has 2 N–H and O–H groups in total. The largest absolute Gasteiger partial charge is 0.493 e. The number of hydrogen-bond acceptors (Lipinski definition) is 6. The van der Waals surface area contributed by atoms with E-state index >= 15 is 0 Å². The number of carbonyl (C=O) groups excluding carboxylic acids is 1. The molecule has 0 aliphatic carbocycles. The number of nitrogens with one attached hydrogen (secondary N) is 2. The summed E-state index contributed by atoms with van der Waals surface area (Å²) in [6.45, 7) is 7.84. The maximum atomic E-state index is 12.2. The Labute approximate surface area is 188 Å². The Morgan fingerprint density at radius 2 is 1.90 bits per heavy atom. The first kappa shape index (κ1) is 23.3. The molecule has 0 atom stereocenters. The number of nitrogens with zero attached hydrogens (tertiary/aromatic N) is 1. The molecule has 1 heterocycles. The van der Waals surface area contributed by atoms with Crippen LogP contribution in [-0.4, -0.2) is 63.9 Å². The smallest absolute Gasteiger partial charge is 0.262 e. The summed E-state index contributed by atoms with van der Waals surface area (Å²) >= 11 is 6.44. The number of hydrogen-bond donors (Lipinski definition) is 2. The van der Waals surface area contributed by atoms with Gasteiger partial charge in [0.25, 0.3) is 5.91 Å². The minimum absolute atomic E-state index is 0.141. The molecule has 168 valence electrons. The van der Waals surface area contributed by atoms with Gasteiger partial charge < -0.3 is 24.8 Å². The lowest BCUT2D eigenvalue weighted by molar-refractivity contribution is -0.118. The Morgan fingerprint density at radius 1 is 1.16 bits per heavy atom. The molecule has 7 nitrogen and oxygen atoms in total. The molecule has 3 rings (SSSR count). The van der Waals surface area contributed by atoms with E-state index in [0.29, 0.717) is 23.1 Å². The molecule has 1 aliphatic rings. The van der Waals surface area contributed by atoms with Gasteiger partial charge in [-0.25, -0.2) is 0 Å². The molecule has 2 aromatic carbocycles. The summed E-state index contributed by atoms with van der Waals surface area (Å²) in [6, 6.07) is 11.1. The number of benzene rings is 2. The van der Waals surface area contributed by atoms with E-state index in [1.165, 1.54) is 0 Å². The molecule has 1 saturated heterocycles. The number of methoxy groups -OCH3 is 1. The Bertz CT molecular complexity index is 855. The number of amides is 1. The van der Waals surface area contributed by atoms with Crippen molar-refractivity contribution in [3.8, 4) is 11.5 Å². The van der Waals surface area contributed by atoms with E-state index in [2.05, 4.69) is 15.5 Å². The van der Waals surface area contributed by atoms with Gasteiger partial charge in [0.15, 0.2) is 18.1 Å². The lowest BCUT2D eigenvalue weighted by Crippen LogP contribution is -2.40. The van der Waals surface area contributed by atoms with Gasteiger partial charge in [-0.1, -0.05) is 29.3 Å². The monoisotopic (exact) mass is 447 g/mol. The van der Waals surface area contributed by atoms with E-state index in [-0.39, 0.29) is 12.5 Å². The third-order valence-electron chi connectivity index (χ3n) is 5.05. The summed E-state index contributed by atoms with van der Waals surface area (Å²) in [5.74, 6) is 0.719. The van der Waals surface area contributed by atoms with Gasteiger partial charge in [0.1, 0.15) is 0 Å². The van der Waals surface area contributed by atoms with Crippen molar-refractivity contribution < 1.29 is 19.0 Å². The summed E-state index contributed by atoms with van der Waals surface area (Å²) in [5, 5.41) is 6.78. The van der Waals surface area contributed by atoms with Crippen molar-refractivity contribution in [1.82, 2.24) is 10.2 Å². The minimum atomic E-state index is -0.254. The third-order valence-corrected chi connectivity index (χ3v) is 5.40. The summed E-state index contributed by atoms with van der Waals surface area (Å²) in [6.07, 6.45) is 0. The van der Waals surface area contributed by atoms with Crippen LogP contribution in [0.1, 0.15) is 11.1 Å². The second-order valence-corrected chi connectivity index (χ2v) is 7.84. The SMILES string of the molecule is COc1cc(CNCCN2CCOCC2)c(Cl)cc1OCC(=O)Nc1ccc(C)cc1. The van der Waals surface area contributed by atoms with Gasteiger partial charge in [-0.15, -0.1) is 0 Å². The number of anilines is 1. The van der Waals surface area contributed by atoms with E-state index in [0.717, 1.165) is 56.2 Å². The standard InChI is InChI=1S/C23H30ClN3O4/c1-17-3-5-19(6-4-17)26-23(28)16-31-22-14-20(24)18(13-21(22)29-2)15-25-7-8-27-9-11-30-12-10-27/h3-6,13-14,25H,7-12,15-16H2,1-2H3,(H,26,28). The Kier molecular flexibility index (Phi) is 8.97. The van der Waals surface area contributed by atoms with Gasteiger partial charge in [-0.05, 0) is 30.7 Å². The fourth-order valence-corrected chi connectivity index (χ4v) is 3.47. The minimum Gasteiger partial charge on any atom is -0.493 e. The van der Waals surface area contributed by atoms with Crippen LogP contribution < -0.4 is 20.1 Å². The number of aryl methyl sites for hydroxylation is 1. The van der Waals surface area contributed by atoms with E-state index in [1.807, 2.05) is 37.3 Å². The van der Waals surface area contributed by atoms with Crippen LogP contribution in [0.4, 0.5) is 5.69 Å². The quantitative estimate of drug-likeness (QED) is 0.545. The predicted octanol–water partition coefficient (Wildman–Crippen LogP) is 3.10. The topological polar surface area (TPSA) is 72.1 Å². The van der Waals surface area contributed by atoms with Crippen molar-refractivity contribution in [2.45, 2.75) is 13.5 Å². The van der Waals surface area contributed by atoms with Gasteiger partial charge in [0.2, 0.25) is 0 Å². The molecule has 2 aromatic rings. The zero-order chi connectivity index (χ0) is 22.1. The van der Waals surface area contributed by atoms with E-state index in [9.17, 15) is 4.79 Å². The lowest BCUT2D eigenvalue weighted by Gasteiger charge is -2.26. The first-order chi connectivity index (χ1) is 15.0. The van der Waals surface area contributed by atoms with Crippen LogP contribution in [0.5, 0.6) is 11.5 Å². The lowest BCUT2D eigenvalue weighted by atomic mass is 10.2. The first-order valence-electron chi connectivity index (χ1n) is 10.4. The van der Waals surface area contributed by atoms with Crippen molar-refractivity contribution in [2.24, 2.45) is 0 Å². The van der Waals surface area contributed by atoms with Gasteiger partial charge in [0, 0.05) is 49.5 Å². The molecule has 0 aromatic heterocycles. The average Bonchev–Trinajstić information content (AvgIpc) is 2.78. The summed E-state index contributed by atoms with van der Waals surface area (Å²) in [7, 11) is 1.57. The van der Waals surface area contributed by atoms with Crippen molar-refractivity contribution in [3.63, 3.8) is 0 Å². The molecular weight excluding hydrogens is 418 g/mol. The Morgan fingerprint density at radius 3 is 2.61 bits per heavy atom. The molecule has 0 bridgehead atoms. The van der Waals surface area contributed by atoms with Crippen LogP contribution in [0.2, 0.25) is 5.02 Å². The van der Waals surface area contributed by atoms with Crippen molar-refractivity contribution >= 4 is 23.2 Å². The highest BCUT2D eigenvalue weighted by atomic mass is 35.5. The maximum Gasteiger partial charge on any atom is 0.262 e. The van der Waals surface area contributed by atoms with Crippen LogP contribution in [0.3, 0.4) is 0 Å². The molecule has 1 fully saturated rings. The van der Waals surface area contributed by atoms with Gasteiger partial charge in [0.05, 0.1) is 20.3 Å².